The van der Waals surface area contributed by atoms with Crippen molar-refractivity contribution >= 4 is 0 Å². The molecule has 1 unspecified atom stereocenters. The summed E-state index contributed by atoms with van der Waals surface area (Å²) < 4.78 is 19.7. The van der Waals surface area contributed by atoms with E-state index in [-0.39, 0.29) is 11.9 Å². The molecule has 3 heteroatoms. The topological polar surface area (TPSA) is 21.3 Å². The summed E-state index contributed by atoms with van der Waals surface area (Å²) >= 11 is 0. The minimum Gasteiger partial charge on any atom is -0.496 e. The fraction of sp³-hybridized carbons (Fsp3) is 0.333. The minimum absolute atomic E-state index is 0.218. The molecule has 0 aromatic heterocycles. The summed E-state index contributed by atoms with van der Waals surface area (Å²) in [7, 11) is 1.57. The Bertz CT molecular complexity index is 604. The predicted molar refractivity (Wildman–Crippen MR) is 84.4 cm³/mol. The number of benzene rings is 2. The van der Waals surface area contributed by atoms with Crippen molar-refractivity contribution in [3.8, 4) is 5.75 Å². The molecule has 2 nitrogen and oxygen atoms in total. The first-order valence-electron chi connectivity index (χ1n) is 7.20. The van der Waals surface area contributed by atoms with E-state index in [4.69, 9.17) is 4.74 Å². The molecule has 1 N–H and O–H groups in total. The zero-order valence-corrected chi connectivity index (χ0v) is 13.0. The molecular formula is C18H22FNO. The van der Waals surface area contributed by atoms with Crippen molar-refractivity contribution in [1.82, 2.24) is 5.32 Å². The van der Waals surface area contributed by atoms with Gasteiger partial charge in [0, 0.05) is 0 Å². The second-order valence-electron chi connectivity index (χ2n) is 5.27. The van der Waals surface area contributed by atoms with Crippen LogP contribution >= 0.6 is 0 Å². The van der Waals surface area contributed by atoms with Crippen LogP contribution in [0, 0.1) is 19.7 Å². The maximum absolute atomic E-state index is 14.4. The largest absolute Gasteiger partial charge is 0.496 e. The maximum Gasteiger partial charge on any atom is 0.132 e. The summed E-state index contributed by atoms with van der Waals surface area (Å²) in [6, 6.07) is 11.0. The number of nitrogens with one attached hydrogen (secondary N) is 1. The zero-order chi connectivity index (χ0) is 15.4. The van der Waals surface area contributed by atoms with Crippen LogP contribution in [0.25, 0.3) is 0 Å². The van der Waals surface area contributed by atoms with Crippen LogP contribution in [0.2, 0.25) is 0 Å². The number of ether oxygens (including phenoxy) is 1. The van der Waals surface area contributed by atoms with Gasteiger partial charge in [0.1, 0.15) is 11.6 Å². The Kier molecular flexibility index (Phi) is 4.97. The number of rotatable bonds is 5. The van der Waals surface area contributed by atoms with E-state index in [1.54, 1.807) is 19.2 Å². The molecule has 112 valence electrons. The van der Waals surface area contributed by atoms with Gasteiger partial charge >= 0.3 is 0 Å². The molecule has 2 aromatic carbocycles. The predicted octanol–water partition coefficient (Wildman–Crippen LogP) is 4.15. The zero-order valence-electron chi connectivity index (χ0n) is 13.0. The van der Waals surface area contributed by atoms with E-state index in [1.165, 1.54) is 17.2 Å². The minimum atomic E-state index is -0.251. The smallest absolute Gasteiger partial charge is 0.132 e. The number of hydrogen-bond acceptors (Lipinski definition) is 2. The molecule has 0 bridgehead atoms. The Morgan fingerprint density at radius 3 is 2.38 bits per heavy atom. The Morgan fingerprint density at radius 2 is 1.81 bits per heavy atom. The average Bonchev–Trinajstić information content (AvgIpc) is 2.44. The highest BCUT2D eigenvalue weighted by molar-refractivity contribution is 5.44. The number of aryl methyl sites for hydroxylation is 2. The third-order valence-corrected chi connectivity index (χ3v) is 3.51. The Hall–Kier alpha value is -1.87. The van der Waals surface area contributed by atoms with Crippen LogP contribution in [-0.2, 0) is 0 Å². The van der Waals surface area contributed by atoms with Gasteiger partial charge in [0.2, 0.25) is 0 Å². The number of methoxy groups -OCH3 is 1. The molecule has 0 fully saturated rings. The van der Waals surface area contributed by atoms with Gasteiger partial charge < -0.3 is 10.1 Å². The van der Waals surface area contributed by atoms with Gasteiger partial charge in [-0.05, 0) is 38.1 Å². The fourth-order valence-electron chi connectivity index (χ4n) is 2.74. The van der Waals surface area contributed by atoms with Gasteiger partial charge in [-0.15, -0.1) is 0 Å². The maximum atomic E-state index is 14.4. The first-order chi connectivity index (χ1) is 10.1. The van der Waals surface area contributed by atoms with E-state index in [1.807, 2.05) is 6.92 Å². The average molecular weight is 287 g/mol. The van der Waals surface area contributed by atoms with E-state index in [9.17, 15) is 4.39 Å². The summed E-state index contributed by atoms with van der Waals surface area (Å²) in [6.07, 6.45) is 0. The molecule has 0 aliphatic carbocycles. The van der Waals surface area contributed by atoms with Crippen LogP contribution in [0.4, 0.5) is 4.39 Å². The third-order valence-electron chi connectivity index (χ3n) is 3.51. The van der Waals surface area contributed by atoms with E-state index < -0.39 is 0 Å². The van der Waals surface area contributed by atoms with E-state index >= 15 is 0 Å². The lowest BCUT2D eigenvalue weighted by Crippen LogP contribution is -2.24. The number of halogens is 1. The van der Waals surface area contributed by atoms with Crippen LogP contribution in [0.5, 0.6) is 5.75 Å². The standard InChI is InChI=1S/C18H22FNO/c1-5-20-18(14-10-12(2)9-13(3)11-14)17-15(19)7-6-8-16(17)21-4/h6-11,18,20H,5H2,1-4H3. The van der Waals surface area contributed by atoms with Crippen molar-refractivity contribution in [2.75, 3.05) is 13.7 Å². The molecule has 0 aliphatic heterocycles. The van der Waals surface area contributed by atoms with E-state index in [2.05, 4.69) is 37.4 Å². The van der Waals surface area contributed by atoms with Crippen LogP contribution < -0.4 is 10.1 Å². The molecule has 1 atom stereocenters. The van der Waals surface area contributed by atoms with Gasteiger partial charge in [0.05, 0.1) is 18.7 Å². The van der Waals surface area contributed by atoms with E-state index in [0.29, 0.717) is 11.3 Å². The lowest BCUT2D eigenvalue weighted by atomic mass is 9.94. The van der Waals surface area contributed by atoms with Crippen molar-refractivity contribution in [3.63, 3.8) is 0 Å². The van der Waals surface area contributed by atoms with Gasteiger partial charge in [-0.1, -0.05) is 42.3 Å². The van der Waals surface area contributed by atoms with E-state index in [0.717, 1.165) is 12.1 Å². The Morgan fingerprint density at radius 1 is 1.14 bits per heavy atom. The van der Waals surface area contributed by atoms with Crippen LogP contribution in [0.3, 0.4) is 0 Å². The molecule has 0 heterocycles. The second-order valence-corrected chi connectivity index (χ2v) is 5.27. The second kappa shape index (κ2) is 6.72. The molecule has 0 radical (unpaired) electrons. The first kappa shape index (κ1) is 15.5. The number of hydrogen-bond donors (Lipinski definition) is 1. The molecule has 0 spiro atoms. The van der Waals surface area contributed by atoms with Crippen LogP contribution in [0.1, 0.15) is 35.2 Å². The summed E-state index contributed by atoms with van der Waals surface area (Å²) in [6.45, 7) is 6.87. The molecule has 0 saturated heterocycles. The van der Waals surface area contributed by atoms with Crippen molar-refractivity contribution in [2.24, 2.45) is 0 Å². The molecular weight excluding hydrogens is 265 g/mol. The monoisotopic (exact) mass is 287 g/mol. The Labute approximate surface area is 126 Å². The van der Waals surface area contributed by atoms with Crippen molar-refractivity contribution in [3.05, 3.63) is 64.5 Å². The molecule has 0 aliphatic rings. The summed E-state index contributed by atoms with van der Waals surface area (Å²) in [5, 5.41) is 3.37. The van der Waals surface area contributed by atoms with Crippen molar-refractivity contribution < 1.29 is 9.13 Å². The van der Waals surface area contributed by atoms with Gasteiger partial charge in [-0.3, -0.25) is 0 Å². The van der Waals surface area contributed by atoms with Crippen LogP contribution in [-0.4, -0.2) is 13.7 Å². The van der Waals surface area contributed by atoms with Gasteiger partial charge in [-0.2, -0.15) is 0 Å². The highest BCUT2D eigenvalue weighted by atomic mass is 19.1. The van der Waals surface area contributed by atoms with Gasteiger partial charge in [0.25, 0.3) is 0 Å². The third kappa shape index (κ3) is 3.42. The molecule has 21 heavy (non-hydrogen) atoms. The fourth-order valence-corrected chi connectivity index (χ4v) is 2.74. The normalized spacial score (nSPS) is 12.2. The molecule has 2 aromatic rings. The quantitative estimate of drug-likeness (QED) is 0.892. The molecule has 0 saturated carbocycles. The lowest BCUT2D eigenvalue weighted by molar-refractivity contribution is 0.397. The highest BCUT2D eigenvalue weighted by Crippen LogP contribution is 2.33. The first-order valence-corrected chi connectivity index (χ1v) is 7.20. The van der Waals surface area contributed by atoms with Crippen molar-refractivity contribution in [2.45, 2.75) is 26.8 Å². The summed E-state index contributed by atoms with van der Waals surface area (Å²) in [5.74, 6) is 0.319. The highest BCUT2D eigenvalue weighted by Gasteiger charge is 2.21. The van der Waals surface area contributed by atoms with Gasteiger partial charge in [0.15, 0.2) is 0 Å². The SMILES string of the molecule is CCNC(c1cc(C)cc(C)c1)c1c(F)cccc1OC. The summed E-state index contributed by atoms with van der Waals surface area (Å²) in [4.78, 5) is 0. The molecule has 0 amide bonds. The van der Waals surface area contributed by atoms with Crippen molar-refractivity contribution in [1.29, 1.82) is 0 Å². The summed E-state index contributed by atoms with van der Waals surface area (Å²) in [5.41, 5.74) is 3.95. The molecule has 2 rings (SSSR count). The lowest BCUT2D eigenvalue weighted by Gasteiger charge is -2.22. The Balaban J connectivity index is 2.58. The van der Waals surface area contributed by atoms with Crippen LogP contribution in [0.15, 0.2) is 36.4 Å². The van der Waals surface area contributed by atoms with Gasteiger partial charge in [-0.25, -0.2) is 4.39 Å².